The Kier molecular flexibility index (Phi) is 4.86. The van der Waals surface area contributed by atoms with Crippen LogP contribution in [-0.4, -0.2) is 28.1 Å². The van der Waals surface area contributed by atoms with Gasteiger partial charge in [-0.15, -0.1) is 0 Å². The summed E-state index contributed by atoms with van der Waals surface area (Å²) in [4.78, 5) is 21.2. The summed E-state index contributed by atoms with van der Waals surface area (Å²) in [5.74, 6) is 1.88. The maximum Gasteiger partial charge on any atom is 0.230 e. The molecule has 2 aromatic heterocycles. The lowest BCUT2D eigenvalue weighted by atomic mass is 9.96. The highest BCUT2D eigenvalue weighted by atomic mass is 16.5. The molecular formula is C24H22N4O3. The van der Waals surface area contributed by atoms with Crippen LogP contribution < -0.4 is 10.1 Å². The number of hydrogen-bond donors (Lipinski definition) is 1. The average Bonchev–Trinajstić information content (AvgIpc) is 3.50. The first-order valence-electron chi connectivity index (χ1n) is 10.2. The number of aryl methyl sites for hydroxylation is 1. The van der Waals surface area contributed by atoms with Crippen LogP contribution in [0.4, 0.5) is 0 Å². The van der Waals surface area contributed by atoms with E-state index in [-0.39, 0.29) is 17.7 Å². The van der Waals surface area contributed by atoms with E-state index in [1.807, 2.05) is 36.5 Å². The summed E-state index contributed by atoms with van der Waals surface area (Å²) in [5.41, 5.74) is 3.19. The summed E-state index contributed by atoms with van der Waals surface area (Å²) in [7, 11) is 1.66. The maximum atomic E-state index is 12.6. The molecule has 0 radical (unpaired) electrons. The fraction of sp³-hybridized carbons (Fsp3) is 0.250. The summed E-state index contributed by atoms with van der Waals surface area (Å²) in [6, 6.07) is 14.1. The van der Waals surface area contributed by atoms with Gasteiger partial charge in [-0.25, -0.2) is 0 Å². The van der Waals surface area contributed by atoms with E-state index in [0.29, 0.717) is 18.3 Å². The van der Waals surface area contributed by atoms with Crippen molar-refractivity contribution in [2.24, 2.45) is 5.92 Å². The Morgan fingerprint density at radius 2 is 2.13 bits per heavy atom. The molecule has 31 heavy (non-hydrogen) atoms. The SMILES string of the molecule is COc1cccc(-c2ccc(CNC(=O)[C@H]3CC3c3nc(C)no3)c3cnccc23)c1. The molecule has 156 valence electrons. The summed E-state index contributed by atoms with van der Waals surface area (Å²) in [6.07, 6.45) is 4.38. The second-order valence-electron chi connectivity index (χ2n) is 7.77. The Morgan fingerprint density at radius 3 is 2.94 bits per heavy atom. The molecule has 7 nitrogen and oxygen atoms in total. The van der Waals surface area contributed by atoms with E-state index >= 15 is 0 Å². The number of nitrogens with one attached hydrogen (secondary N) is 1. The third-order valence-corrected chi connectivity index (χ3v) is 5.73. The first-order valence-corrected chi connectivity index (χ1v) is 10.2. The third kappa shape index (κ3) is 3.74. The van der Waals surface area contributed by atoms with Crippen LogP contribution in [0.5, 0.6) is 5.75 Å². The van der Waals surface area contributed by atoms with Crippen molar-refractivity contribution in [2.75, 3.05) is 7.11 Å². The van der Waals surface area contributed by atoms with E-state index in [9.17, 15) is 4.79 Å². The van der Waals surface area contributed by atoms with Crippen LogP contribution in [0.15, 0.2) is 59.4 Å². The second kappa shape index (κ2) is 7.83. The zero-order valence-corrected chi connectivity index (χ0v) is 17.3. The molecule has 1 unspecified atom stereocenters. The van der Waals surface area contributed by atoms with Crippen molar-refractivity contribution in [2.45, 2.75) is 25.8 Å². The van der Waals surface area contributed by atoms with Crippen molar-refractivity contribution >= 4 is 16.7 Å². The van der Waals surface area contributed by atoms with E-state index in [0.717, 1.165) is 39.6 Å². The Balaban J connectivity index is 1.36. The minimum absolute atomic E-state index is 0.00904. The predicted molar refractivity (Wildman–Crippen MR) is 115 cm³/mol. The molecule has 1 saturated carbocycles. The van der Waals surface area contributed by atoms with Crippen LogP contribution in [-0.2, 0) is 11.3 Å². The van der Waals surface area contributed by atoms with Crippen molar-refractivity contribution in [1.29, 1.82) is 0 Å². The molecule has 1 aliphatic carbocycles. The van der Waals surface area contributed by atoms with Crippen LogP contribution in [0, 0.1) is 12.8 Å². The summed E-state index contributed by atoms with van der Waals surface area (Å²) in [6.45, 7) is 2.21. The maximum absolute atomic E-state index is 12.6. The minimum Gasteiger partial charge on any atom is -0.497 e. The molecule has 0 bridgehead atoms. The molecule has 4 aromatic rings. The molecule has 1 aliphatic rings. The van der Waals surface area contributed by atoms with Crippen LogP contribution in [0.25, 0.3) is 21.9 Å². The number of carbonyl (C=O) groups is 1. The van der Waals surface area contributed by atoms with E-state index in [1.165, 1.54) is 0 Å². The van der Waals surface area contributed by atoms with Crippen molar-refractivity contribution in [3.8, 4) is 16.9 Å². The van der Waals surface area contributed by atoms with Gasteiger partial charge in [-0.3, -0.25) is 9.78 Å². The van der Waals surface area contributed by atoms with E-state index in [2.05, 4.69) is 32.6 Å². The van der Waals surface area contributed by atoms with Gasteiger partial charge in [0.1, 0.15) is 5.75 Å². The summed E-state index contributed by atoms with van der Waals surface area (Å²) >= 11 is 0. The number of aromatic nitrogens is 3. The number of ether oxygens (including phenoxy) is 1. The number of hydrogen-bond acceptors (Lipinski definition) is 6. The van der Waals surface area contributed by atoms with Gasteiger partial charge >= 0.3 is 0 Å². The molecule has 2 heterocycles. The van der Waals surface area contributed by atoms with E-state index < -0.39 is 0 Å². The van der Waals surface area contributed by atoms with Gasteiger partial charge in [0.2, 0.25) is 11.8 Å². The van der Waals surface area contributed by atoms with E-state index in [4.69, 9.17) is 9.26 Å². The number of carbonyl (C=O) groups excluding carboxylic acids is 1. The number of methoxy groups -OCH3 is 1. The molecule has 2 aromatic carbocycles. The Bertz CT molecular complexity index is 1270. The van der Waals surface area contributed by atoms with Crippen molar-refractivity contribution < 1.29 is 14.1 Å². The Labute approximate surface area is 179 Å². The molecule has 5 rings (SSSR count). The number of pyridine rings is 1. The smallest absolute Gasteiger partial charge is 0.230 e. The zero-order valence-electron chi connectivity index (χ0n) is 17.3. The monoisotopic (exact) mass is 414 g/mol. The van der Waals surface area contributed by atoms with Gasteiger partial charge in [-0.05, 0) is 53.6 Å². The van der Waals surface area contributed by atoms with E-state index in [1.54, 1.807) is 20.2 Å². The van der Waals surface area contributed by atoms with Crippen LogP contribution in [0.3, 0.4) is 0 Å². The summed E-state index contributed by atoms with van der Waals surface area (Å²) < 4.78 is 10.6. The van der Waals surface area contributed by atoms with Gasteiger partial charge in [0.05, 0.1) is 18.9 Å². The molecule has 1 amide bonds. The standard InChI is InChI=1S/C24H22N4O3/c1-14-27-24(31-28-14)21-11-20(21)23(29)26-12-16-6-7-18(19-8-9-25-13-22(16)19)15-4-3-5-17(10-15)30-2/h3-10,13,20-21H,11-12H2,1-2H3,(H,26,29)/t20-,21?/m0/s1. The zero-order chi connectivity index (χ0) is 21.4. The number of rotatable bonds is 6. The van der Waals surface area contributed by atoms with Gasteiger partial charge < -0.3 is 14.6 Å². The Hall–Kier alpha value is -3.74. The first kappa shape index (κ1) is 19.2. The highest BCUT2D eigenvalue weighted by molar-refractivity contribution is 5.98. The quantitative estimate of drug-likeness (QED) is 0.512. The lowest BCUT2D eigenvalue weighted by molar-refractivity contribution is -0.122. The minimum atomic E-state index is -0.111. The van der Waals surface area contributed by atoms with Gasteiger partial charge in [0, 0.05) is 24.3 Å². The molecule has 1 fully saturated rings. The normalized spacial score (nSPS) is 17.5. The Morgan fingerprint density at radius 1 is 1.23 bits per heavy atom. The highest BCUT2D eigenvalue weighted by Crippen LogP contribution is 2.46. The topological polar surface area (TPSA) is 90.1 Å². The second-order valence-corrected chi connectivity index (χ2v) is 7.77. The lowest BCUT2D eigenvalue weighted by Crippen LogP contribution is -2.25. The van der Waals surface area contributed by atoms with Gasteiger partial charge in [-0.1, -0.05) is 29.4 Å². The third-order valence-electron chi connectivity index (χ3n) is 5.73. The van der Waals surface area contributed by atoms with Crippen molar-refractivity contribution in [3.63, 3.8) is 0 Å². The summed E-state index contributed by atoms with van der Waals surface area (Å²) in [5, 5.41) is 8.97. The highest BCUT2D eigenvalue weighted by Gasteiger charge is 2.47. The number of benzene rings is 2. The van der Waals surface area contributed by atoms with Gasteiger partial charge in [0.25, 0.3) is 0 Å². The predicted octanol–water partition coefficient (Wildman–Crippen LogP) is 4.02. The molecule has 0 saturated heterocycles. The molecule has 0 aliphatic heterocycles. The lowest BCUT2D eigenvalue weighted by Gasteiger charge is -2.13. The van der Waals surface area contributed by atoms with Crippen molar-refractivity contribution in [1.82, 2.24) is 20.4 Å². The number of nitrogens with zero attached hydrogens (tertiary/aromatic N) is 3. The first-order chi connectivity index (χ1) is 15.1. The number of fused-ring (bicyclic) bond motifs is 1. The fourth-order valence-corrected chi connectivity index (χ4v) is 3.98. The van der Waals surface area contributed by atoms with Crippen LogP contribution in [0.2, 0.25) is 0 Å². The molecule has 2 atom stereocenters. The largest absolute Gasteiger partial charge is 0.497 e. The van der Waals surface area contributed by atoms with Crippen LogP contribution in [0.1, 0.15) is 29.6 Å². The van der Waals surface area contributed by atoms with Crippen LogP contribution >= 0.6 is 0 Å². The number of amides is 1. The average molecular weight is 414 g/mol. The molecule has 7 heteroatoms. The van der Waals surface area contributed by atoms with Crippen molar-refractivity contribution in [3.05, 3.63) is 72.1 Å². The van der Waals surface area contributed by atoms with Gasteiger partial charge in [-0.2, -0.15) is 4.98 Å². The molecular weight excluding hydrogens is 392 g/mol. The fourth-order valence-electron chi connectivity index (χ4n) is 3.98. The van der Waals surface area contributed by atoms with Gasteiger partial charge in [0.15, 0.2) is 5.82 Å². The molecule has 0 spiro atoms. The molecule has 1 N–H and O–H groups in total.